The predicted molar refractivity (Wildman–Crippen MR) is 76.8 cm³/mol. The van der Waals surface area contributed by atoms with Crippen molar-refractivity contribution in [1.29, 1.82) is 0 Å². The third-order valence-corrected chi connectivity index (χ3v) is 3.60. The van der Waals surface area contributed by atoms with Gasteiger partial charge in [-0.05, 0) is 33.2 Å². The largest absolute Gasteiger partial charge is 0.354 e. The van der Waals surface area contributed by atoms with Crippen molar-refractivity contribution in [3.63, 3.8) is 0 Å². The predicted octanol–water partition coefficient (Wildman–Crippen LogP) is 2.60. The highest BCUT2D eigenvalue weighted by Crippen LogP contribution is 2.25. The van der Waals surface area contributed by atoms with E-state index in [0.29, 0.717) is 0 Å². The lowest BCUT2D eigenvalue weighted by atomic mass is 9.99. The standard InChI is InChI=1S/C14H26N4/c1-6-8-15-9-12-10-16-11-17-13(12)18(5)14(3,4)7-2/h10-11,15H,6-9H2,1-5H3. The van der Waals surface area contributed by atoms with Gasteiger partial charge in [0.2, 0.25) is 0 Å². The minimum Gasteiger partial charge on any atom is -0.354 e. The Morgan fingerprint density at radius 3 is 2.67 bits per heavy atom. The molecule has 0 bridgehead atoms. The van der Waals surface area contributed by atoms with Crippen molar-refractivity contribution < 1.29 is 0 Å². The Kier molecular flexibility index (Phi) is 5.54. The highest BCUT2D eigenvalue weighted by atomic mass is 15.2. The summed E-state index contributed by atoms with van der Waals surface area (Å²) in [5.74, 6) is 1.03. The summed E-state index contributed by atoms with van der Waals surface area (Å²) in [6.45, 7) is 10.7. The van der Waals surface area contributed by atoms with Crippen LogP contribution in [-0.4, -0.2) is 29.1 Å². The molecule has 1 N–H and O–H groups in total. The maximum absolute atomic E-state index is 4.45. The maximum Gasteiger partial charge on any atom is 0.136 e. The monoisotopic (exact) mass is 250 g/mol. The molecule has 0 spiro atoms. The van der Waals surface area contributed by atoms with Crippen molar-refractivity contribution in [2.75, 3.05) is 18.5 Å². The molecule has 0 aromatic carbocycles. The van der Waals surface area contributed by atoms with Crippen LogP contribution in [0, 0.1) is 0 Å². The SMILES string of the molecule is CCCNCc1cncnc1N(C)C(C)(C)CC. The van der Waals surface area contributed by atoms with E-state index in [4.69, 9.17) is 0 Å². The van der Waals surface area contributed by atoms with E-state index in [1.807, 2.05) is 6.20 Å². The summed E-state index contributed by atoms with van der Waals surface area (Å²) in [4.78, 5) is 10.8. The molecule has 0 saturated heterocycles. The fraction of sp³-hybridized carbons (Fsp3) is 0.714. The van der Waals surface area contributed by atoms with E-state index in [1.165, 1.54) is 0 Å². The maximum atomic E-state index is 4.45. The molecule has 0 atom stereocenters. The summed E-state index contributed by atoms with van der Waals surface area (Å²) in [7, 11) is 2.11. The Balaban J connectivity index is 2.87. The van der Waals surface area contributed by atoms with Crippen molar-refractivity contribution in [1.82, 2.24) is 15.3 Å². The number of nitrogens with zero attached hydrogens (tertiary/aromatic N) is 3. The summed E-state index contributed by atoms with van der Waals surface area (Å²) in [5.41, 5.74) is 1.27. The third-order valence-electron chi connectivity index (χ3n) is 3.60. The fourth-order valence-electron chi connectivity index (χ4n) is 1.70. The minimum absolute atomic E-state index is 0.105. The molecule has 102 valence electrons. The van der Waals surface area contributed by atoms with Gasteiger partial charge in [0, 0.05) is 30.9 Å². The molecule has 0 saturated carbocycles. The fourth-order valence-corrected chi connectivity index (χ4v) is 1.70. The Hall–Kier alpha value is -1.16. The van der Waals surface area contributed by atoms with Gasteiger partial charge in [0.05, 0.1) is 0 Å². The van der Waals surface area contributed by atoms with Crippen LogP contribution < -0.4 is 10.2 Å². The molecule has 0 aliphatic heterocycles. The molecule has 0 unspecified atom stereocenters. The zero-order chi connectivity index (χ0) is 13.6. The minimum atomic E-state index is 0.105. The van der Waals surface area contributed by atoms with Crippen LogP contribution in [0.25, 0.3) is 0 Å². The Morgan fingerprint density at radius 1 is 1.33 bits per heavy atom. The average molecular weight is 250 g/mol. The lowest BCUT2D eigenvalue weighted by molar-refractivity contribution is 0.465. The van der Waals surface area contributed by atoms with Gasteiger partial charge in [0.1, 0.15) is 12.1 Å². The Labute approximate surface area is 111 Å². The second-order valence-electron chi connectivity index (χ2n) is 5.27. The van der Waals surface area contributed by atoms with E-state index in [-0.39, 0.29) is 5.54 Å². The van der Waals surface area contributed by atoms with Gasteiger partial charge in [0.25, 0.3) is 0 Å². The van der Waals surface area contributed by atoms with Crippen molar-refractivity contribution in [2.45, 2.75) is 52.6 Å². The van der Waals surface area contributed by atoms with Crippen molar-refractivity contribution >= 4 is 5.82 Å². The molecule has 4 heteroatoms. The van der Waals surface area contributed by atoms with Crippen LogP contribution in [0.15, 0.2) is 12.5 Å². The van der Waals surface area contributed by atoms with Crippen molar-refractivity contribution in [3.8, 4) is 0 Å². The van der Waals surface area contributed by atoms with Crippen LogP contribution in [0.4, 0.5) is 5.82 Å². The Morgan fingerprint density at radius 2 is 2.06 bits per heavy atom. The van der Waals surface area contributed by atoms with Crippen LogP contribution in [0.2, 0.25) is 0 Å². The molecule has 1 aromatic heterocycles. The highest BCUT2D eigenvalue weighted by molar-refractivity contribution is 5.46. The van der Waals surface area contributed by atoms with Crippen LogP contribution in [0.3, 0.4) is 0 Å². The second-order valence-corrected chi connectivity index (χ2v) is 5.27. The summed E-state index contributed by atoms with van der Waals surface area (Å²) in [5, 5.41) is 3.41. The summed E-state index contributed by atoms with van der Waals surface area (Å²) in [6.07, 6.45) is 5.75. The van der Waals surface area contributed by atoms with E-state index in [0.717, 1.165) is 37.3 Å². The molecule has 0 aliphatic rings. The smallest absolute Gasteiger partial charge is 0.136 e. The molecule has 1 aromatic rings. The van der Waals surface area contributed by atoms with E-state index >= 15 is 0 Å². The normalized spacial score (nSPS) is 11.6. The van der Waals surface area contributed by atoms with Gasteiger partial charge in [-0.1, -0.05) is 13.8 Å². The van der Waals surface area contributed by atoms with E-state index in [2.05, 4.69) is 54.9 Å². The lowest BCUT2D eigenvalue weighted by Gasteiger charge is -2.36. The van der Waals surface area contributed by atoms with Gasteiger partial charge in [-0.3, -0.25) is 0 Å². The first kappa shape index (κ1) is 14.9. The van der Waals surface area contributed by atoms with Gasteiger partial charge >= 0.3 is 0 Å². The quantitative estimate of drug-likeness (QED) is 0.755. The van der Waals surface area contributed by atoms with Gasteiger partial charge < -0.3 is 10.2 Å². The molecular formula is C14H26N4. The first-order chi connectivity index (χ1) is 8.53. The topological polar surface area (TPSA) is 41.1 Å². The second kappa shape index (κ2) is 6.69. The van der Waals surface area contributed by atoms with Crippen LogP contribution in [0.5, 0.6) is 0 Å². The Bertz CT molecular complexity index is 363. The molecule has 4 nitrogen and oxygen atoms in total. The molecule has 0 fully saturated rings. The van der Waals surface area contributed by atoms with Crippen LogP contribution in [-0.2, 0) is 6.54 Å². The van der Waals surface area contributed by atoms with Gasteiger partial charge in [-0.25, -0.2) is 9.97 Å². The van der Waals surface area contributed by atoms with Crippen LogP contribution in [0.1, 0.15) is 46.1 Å². The third kappa shape index (κ3) is 3.67. The lowest BCUT2D eigenvalue weighted by Crippen LogP contribution is -2.41. The number of anilines is 1. The van der Waals surface area contributed by atoms with Gasteiger partial charge in [-0.2, -0.15) is 0 Å². The van der Waals surface area contributed by atoms with Crippen molar-refractivity contribution in [3.05, 3.63) is 18.1 Å². The van der Waals surface area contributed by atoms with Gasteiger partial charge in [-0.15, -0.1) is 0 Å². The molecule has 1 heterocycles. The van der Waals surface area contributed by atoms with Crippen LogP contribution >= 0.6 is 0 Å². The molecular weight excluding hydrogens is 224 g/mol. The molecule has 0 aliphatic carbocycles. The van der Waals surface area contributed by atoms with E-state index in [9.17, 15) is 0 Å². The molecule has 0 amide bonds. The molecule has 1 rings (SSSR count). The van der Waals surface area contributed by atoms with E-state index in [1.54, 1.807) is 6.33 Å². The van der Waals surface area contributed by atoms with Crippen molar-refractivity contribution in [2.24, 2.45) is 0 Å². The average Bonchev–Trinajstić information content (AvgIpc) is 2.39. The first-order valence-electron chi connectivity index (χ1n) is 6.76. The zero-order valence-electron chi connectivity index (χ0n) is 12.3. The number of rotatable bonds is 7. The number of hydrogen-bond acceptors (Lipinski definition) is 4. The van der Waals surface area contributed by atoms with E-state index < -0.39 is 0 Å². The highest BCUT2D eigenvalue weighted by Gasteiger charge is 2.24. The zero-order valence-corrected chi connectivity index (χ0v) is 12.3. The number of nitrogens with one attached hydrogen (secondary N) is 1. The number of hydrogen-bond donors (Lipinski definition) is 1. The first-order valence-corrected chi connectivity index (χ1v) is 6.76. The summed E-state index contributed by atoms with van der Waals surface area (Å²) < 4.78 is 0. The molecule has 0 radical (unpaired) electrons. The molecule has 18 heavy (non-hydrogen) atoms. The summed E-state index contributed by atoms with van der Waals surface area (Å²) >= 11 is 0. The summed E-state index contributed by atoms with van der Waals surface area (Å²) in [6, 6.07) is 0. The number of aromatic nitrogens is 2. The van der Waals surface area contributed by atoms with Gasteiger partial charge in [0.15, 0.2) is 0 Å².